The molecule has 1 amide bonds. The van der Waals surface area contributed by atoms with Gasteiger partial charge in [0.25, 0.3) is 0 Å². The van der Waals surface area contributed by atoms with Crippen molar-refractivity contribution in [1.29, 1.82) is 0 Å². The lowest BCUT2D eigenvalue weighted by Crippen LogP contribution is -2.35. The molecule has 1 aromatic rings. The fraction of sp³-hybridized carbons (Fsp3) is 0.462. The van der Waals surface area contributed by atoms with Crippen LogP contribution in [0.15, 0.2) is 22.7 Å². The monoisotopic (exact) mass is 363 g/mol. The van der Waals surface area contributed by atoms with Crippen molar-refractivity contribution in [2.45, 2.75) is 25.3 Å². The fourth-order valence-corrected chi connectivity index (χ4v) is 4.19. The molecule has 20 heavy (non-hydrogen) atoms. The van der Waals surface area contributed by atoms with E-state index in [4.69, 9.17) is 0 Å². The molecule has 0 aliphatic carbocycles. The molecule has 1 N–H and O–H groups in total. The van der Waals surface area contributed by atoms with Crippen molar-refractivity contribution in [1.82, 2.24) is 5.32 Å². The number of rotatable bonds is 4. The van der Waals surface area contributed by atoms with Crippen LogP contribution in [0.5, 0.6) is 0 Å². The van der Waals surface area contributed by atoms with E-state index >= 15 is 0 Å². The van der Waals surface area contributed by atoms with Gasteiger partial charge in [0.05, 0.1) is 11.5 Å². The Bertz CT molecular complexity index is 618. The molecular weight excluding hydrogens is 349 g/mol. The highest BCUT2D eigenvalue weighted by atomic mass is 79.9. The Morgan fingerprint density at radius 3 is 2.80 bits per heavy atom. The number of nitrogens with one attached hydrogen (secondary N) is 1. The third-order valence-electron chi connectivity index (χ3n) is 3.23. The summed E-state index contributed by atoms with van der Waals surface area (Å²) < 4.78 is 36.8. The number of hydrogen-bond acceptors (Lipinski definition) is 3. The number of halogens is 2. The van der Waals surface area contributed by atoms with E-state index in [1.54, 1.807) is 12.1 Å². The Hall–Kier alpha value is -0.950. The molecule has 2 rings (SSSR count). The first-order valence-corrected chi connectivity index (χ1v) is 8.91. The zero-order valence-electron chi connectivity index (χ0n) is 10.7. The van der Waals surface area contributed by atoms with Gasteiger partial charge in [0, 0.05) is 16.9 Å². The minimum absolute atomic E-state index is 0.00534. The molecule has 1 heterocycles. The van der Waals surface area contributed by atoms with E-state index in [1.165, 1.54) is 6.07 Å². The number of sulfone groups is 1. The van der Waals surface area contributed by atoms with Crippen molar-refractivity contribution in [3.8, 4) is 0 Å². The highest BCUT2D eigenvalue weighted by Gasteiger charge is 2.28. The molecule has 1 fully saturated rings. The van der Waals surface area contributed by atoms with Crippen LogP contribution in [0, 0.1) is 5.82 Å². The molecule has 0 bridgehead atoms. The molecular formula is C13H15BrFNO3S. The van der Waals surface area contributed by atoms with Crippen LogP contribution in [0.1, 0.15) is 18.4 Å². The van der Waals surface area contributed by atoms with Crippen LogP contribution in [-0.4, -0.2) is 31.9 Å². The highest BCUT2D eigenvalue weighted by molar-refractivity contribution is 9.10. The van der Waals surface area contributed by atoms with E-state index in [1.807, 2.05) is 0 Å². The Morgan fingerprint density at radius 2 is 2.20 bits per heavy atom. The first-order chi connectivity index (χ1) is 9.35. The van der Waals surface area contributed by atoms with Crippen molar-refractivity contribution in [3.63, 3.8) is 0 Å². The first kappa shape index (κ1) is 15.4. The van der Waals surface area contributed by atoms with Crippen LogP contribution < -0.4 is 5.32 Å². The third-order valence-corrected chi connectivity index (χ3v) is 5.50. The van der Waals surface area contributed by atoms with Gasteiger partial charge in [-0.1, -0.05) is 22.0 Å². The Balaban J connectivity index is 1.84. The molecule has 1 saturated heterocycles. The van der Waals surface area contributed by atoms with Crippen LogP contribution in [0.2, 0.25) is 0 Å². The molecule has 0 aromatic heterocycles. The van der Waals surface area contributed by atoms with Crippen molar-refractivity contribution in [2.24, 2.45) is 0 Å². The van der Waals surface area contributed by atoms with E-state index in [-0.39, 0.29) is 35.7 Å². The zero-order chi connectivity index (χ0) is 14.8. The molecule has 4 nitrogen and oxygen atoms in total. The van der Waals surface area contributed by atoms with Gasteiger partial charge in [-0.25, -0.2) is 12.8 Å². The molecule has 7 heteroatoms. The maximum absolute atomic E-state index is 13.6. The Labute approximate surface area is 125 Å². The number of amides is 1. The van der Waals surface area contributed by atoms with Crippen LogP contribution in [0.25, 0.3) is 0 Å². The predicted molar refractivity (Wildman–Crippen MR) is 77.6 cm³/mol. The number of hydrogen-bond donors (Lipinski definition) is 1. The largest absolute Gasteiger partial charge is 0.352 e. The molecule has 0 spiro atoms. The molecule has 1 aliphatic heterocycles. The van der Waals surface area contributed by atoms with E-state index in [2.05, 4.69) is 21.2 Å². The van der Waals surface area contributed by atoms with Crippen LogP contribution in [-0.2, 0) is 21.1 Å². The maximum Gasteiger partial charge on any atom is 0.220 e. The average molecular weight is 364 g/mol. The van der Waals surface area contributed by atoms with E-state index in [0.717, 1.165) is 0 Å². The number of carbonyl (C=O) groups excluding carboxylic acids is 1. The number of benzene rings is 1. The van der Waals surface area contributed by atoms with Gasteiger partial charge in [0.1, 0.15) is 5.82 Å². The molecule has 1 aromatic carbocycles. The van der Waals surface area contributed by atoms with E-state index < -0.39 is 9.84 Å². The normalized spacial score (nSPS) is 20.8. The third kappa shape index (κ3) is 4.28. The van der Waals surface area contributed by atoms with Crippen molar-refractivity contribution in [3.05, 3.63) is 34.1 Å². The number of carbonyl (C=O) groups is 1. The summed E-state index contributed by atoms with van der Waals surface area (Å²) in [5.41, 5.74) is 0.474. The molecule has 0 radical (unpaired) electrons. The Kier molecular flexibility index (Phi) is 4.80. The molecule has 110 valence electrons. The summed E-state index contributed by atoms with van der Waals surface area (Å²) in [5, 5.41) is 2.69. The van der Waals surface area contributed by atoms with Gasteiger partial charge in [-0.15, -0.1) is 0 Å². The second kappa shape index (κ2) is 6.22. The summed E-state index contributed by atoms with van der Waals surface area (Å²) in [5.74, 6) is -0.463. The standard InChI is InChI=1S/C13H15BrFNO3S/c14-10-3-1-9(12(15)7-10)2-4-13(17)16-11-5-6-20(18,19)8-11/h1,3,7,11H,2,4-6,8H2,(H,16,17)/t11-/m0/s1. The average Bonchev–Trinajstić information content (AvgIpc) is 2.67. The van der Waals surface area contributed by atoms with Gasteiger partial charge in [0.2, 0.25) is 5.91 Å². The minimum Gasteiger partial charge on any atom is -0.352 e. The van der Waals surface area contributed by atoms with Crippen LogP contribution >= 0.6 is 15.9 Å². The van der Waals surface area contributed by atoms with E-state index in [0.29, 0.717) is 22.9 Å². The molecule has 1 aliphatic rings. The molecule has 1 atom stereocenters. The summed E-state index contributed by atoms with van der Waals surface area (Å²) in [6, 6.07) is 4.41. The van der Waals surface area contributed by atoms with Gasteiger partial charge >= 0.3 is 0 Å². The maximum atomic E-state index is 13.6. The highest BCUT2D eigenvalue weighted by Crippen LogP contribution is 2.17. The van der Waals surface area contributed by atoms with Gasteiger partial charge < -0.3 is 5.32 Å². The lowest BCUT2D eigenvalue weighted by atomic mass is 10.1. The lowest BCUT2D eigenvalue weighted by molar-refractivity contribution is -0.121. The van der Waals surface area contributed by atoms with Crippen LogP contribution in [0.3, 0.4) is 0 Å². The quantitative estimate of drug-likeness (QED) is 0.887. The van der Waals surface area contributed by atoms with Gasteiger partial charge in [-0.2, -0.15) is 0 Å². The number of aryl methyl sites for hydroxylation is 1. The zero-order valence-corrected chi connectivity index (χ0v) is 13.1. The van der Waals surface area contributed by atoms with Gasteiger partial charge in [-0.05, 0) is 30.5 Å². The predicted octanol–water partition coefficient (Wildman–Crippen LogP) is 1.82. The second-order valence-electron chi connectivity index (χ2n) is 4.90. The smallest absolute Gasteiger partial charge is 0.220 e. The summed E-state index contributed by atoms with van der Waals surface area (Å²) in [6.45, 7) is 0. The SMILES string of the molecule is O=C(CCc1ccc(Br)cc1F)N[C@H]1CCS(=O)(=O)C1. The van der Waals surface area contributed by atoms with Gasteiger partial charge in [0.15, 0.2) is 9.84 Å². The minimum atomic E-state index is -3.00. The van der Waals surface area contributed by atoms with Crippen molar-refractivity contribution in [2.75, 3.05) is 11.5 Å². The van der Waals surface area contributed by atoms with Crippen molar-refractivity contribution < 1.29 is 17.6 Å². The summed E-state index contributed by atoms with van der Waals surface area (Å²) in [7, 11) is -3.00. The Morgan fingerprint density at radius 1 is 1.45 bits per heavy atom. The topological polar surface area (TPSA) is 63.2 Å². The molecule has 0 saturated carbocycles. The van der Waals surface area contributed by atoms with Crippen LogP contribution in [0.4, 0.5) is 4.39 Å². The van der Waals surface area contributed by atoms with Gasteiger partial charge in [-0.3, -0.25) is 4.79 Å². The van der Waals surface area contributed by atoms with E-state index in [9.17, 15) is 17.6 Å². The second-order valence-corrected chi connectivity index (χ2v) is 8.05. The van der Waals surface area contributed by atoms with Crippen molar-refractivity contribution >= 4 is 31.7 Å². The lowest BCUT2D eigenvalue weighted by Gasteiger charge is -2.11. The fourth-order valence-electron chi connectivity index (χ4n) is 2.18. The summed E-state index contributed by atoms with van der Waals surface area (Å²) in [4.78, 5) is 11.7. The summed E-state index contributed by atoms with van der Waals surface area (Å²) in [6.07, 6.45) is 0.903. The summed E-state index contributed by atoms with van der Waals surface area (Å²) >= 11 is 3.17. The first-order valence-electron chi connectivity index (χ1n) is 6.29. The molecule has 0 unspecified atom stereocenters.